The predicted molar refractivity (Wildman–Crippen MR) is 238 cm³/mol. The van der Waals surface area contributed by atoms with Gasteiger partial charge in [0.25, 0.3) is 5.91 Å². The van der Waals surface area contributed by atoms with Crippen LogP contribution in [-0.2, 0) is 28.6 Å². The van der Waals surface area contributed by atoms with Gasteiger partial charge in [-0.1, -0.05) is 106 Å². The zero-order chi connectivity index (χ0) is 45.3. The lowest BCUT2D eigenvalue weighted by atomic mass is 9.92. The molecule has 0 bridgehead atoms. The molecule has 338 valence electrons. The number of Topliss-reactive ketones (excluding diaryl/α,β-unsaturated/α-hetero) is 1. The fourth-order valence-electron chi connectivity index (χ4n) is 6.54. The highest BCUT2D eigenvalue weighted by Gasteiger charge is 2.48. The lowest BCUT2D eigenvalue weighted by molar-refractivity contribution is -0.303. The van der Waals surface area contributed by atoms with Gasteiger partial charge in [0.1, 0.15) is 29.8 Å². The Kier molecular flexibility index (Phi) is 24.5. The molecule has 1 aliphatic heterocycles. The van der Waals surface area contributed by atoms with E-state index >= 15 is 0 Å². The summed E-state index contributed by atoms with van der Waals surface area (Å²) in [6.07, 6.45) is 24.6. The zero-order valence-corrected chi connectivity index (χ0v) is 36.9. The van der Waals surface area contributed by atoms with Crippen LogP contribution >= 0.6 is 0 Å². The van der Waals surface area contributed by atoms with Gasteiger partial charge in [-0.25, -0.2) is 4.79 Å². The first-order valence-corrected chi connectivity index (χ1v) is 21.2. The van der Waals surface area contributed by atoms with Gasteiger partial charge < -0.3 is 50.6 Å². The first-order chi connectivity index (χ1) is 29.1. The van der Waals surface area contributed by atoms with Gasteiger partial charge in [0.2, 0.25) is 0 Å². The summed E-state index contributed by atoms with van der Waals surface area (Å²) in [6, 6.07) is 0. The summed E-state index contributed by atoms with van der Waals surface area (Å²) < 4.78 is 16.7. The van der Waals surface area contributed by atoms with E-state index in [4.69, 9.17) is 19.6 Å². The number of carbonyl (C=O) groups is 3. The number of amides is 1. The molecule has 0 radical (unpaired) electrons. The second-order valence-electron chi connectivity index (χ2n) is 15.5. The fourth-order valence-corrected chi connectivity index (χ4v) is 6.54. The van der Waals surface area contributed by atoms with Gasteiger partial charge in [0.05, 0.1) is 13.2 Å². The quantitative estimate of drug-likeness (QED) is 0.0110. The van der Waals surface area contributed by atoms with Gasteiger partial charge >= 0.3 is 5.97 Å². The Hall–Kier alpha value is -4.86. The molecule has 61 heavy (non-hydrogen) atoms. The molecule has 1 amide bonds. The van der Waals surface area contributed by atoms with Crippen molar-refractivity contribution < 1.29 is 49.0 Å². The number of nitrogens with one attached hydrogen (secondary N) is 4. The van der Waals surface area contributed by atoms with Gasteiger partial charge in [-0.3, -0.25) is 15.0 Å². The van der Waals surface area contributed by atoms with Crippen LogP contribution in [0.5, 0.6) is 0 Å². The van der Waals surface area contributed by atoms with Crippen molar-refractivity contribution in [1.82, 2.24) is 16.0 Å². The molecular formula is C47H70N4O10. The molecule has 9 atom stereocenters. The Balaban J connectivity index is 2.03. The van der Waals surface area contributed by atoms with Crippen molar-refractivity contribution in [3.05, 3.63) is 108 Å². The van der Waals surface area contributed by atoms with Crippen LogP contribution in [0, 0.1) is 23.2 Å². The number of rotatable bonds is 24. The van der Waals surface area contributed by atoms with E-state index in [1.807, 2.05) is 38.2 Å². The van der Waals surface area contributed by atoms with Crippen LogP contribution in [0.1, 0.15) is 86.0 Å². The van der Waals surface area contributed by atoms with Crippen molar-refractivity contribution in [1.29, 1.82) is 5.41 Å². The van der Waals surface area contributed by atoms with Crippen LogP contribution in [-0.4, -0.2) is 102 Å². The lowest BCUT2D eigenvalue weighted by Gasteiger charge is -2.41. The molecule has 0 aromatic heterocycles. The van der Waals surface area contributed by atoms with Crippen molar-refractivity contribution in [2.75, 3.05) is 20.7 Å². The summed E-state index contributed by atoms with van der Waals surface area (Å²) in [4.78, 5) is 36.5. The average molecular weight is 851 g/mol. The molecule has 0 saturated carbocycles. The summed E-state index contributed by atoms with van der Waals surface area (Å²) in [5.41, 5.74) is 1.20. The topological polar surface area (TPSA) is 220 Å². The van der Waals surface area contributed by atoms with Gasteiger partial charge in [-0.2, -0.15) is 0 Å². The number of hydrogen-bond donors (Lipinski definition) is 8. The Bertz CT molecular complexity index is 1710. The highest BCUT2D eigenvalue weighted by atomic mass is 16.7. The molecule has 1 heterocycles. The van der Waals surface area contributed by atoms with Gasteiger partial charge in [-0.15, -0.1) is 0 Å². The summed E-state index contributed by atoms with van der Waals surface area (Å²) in [5.74, 6) is -1.04. The van der Waals surface area contributed by atoms with Gasteiger partial charge in [-0.05, 0) is 69.8 Å². The summed E-state index contributed by atoms with van der Waals surface area (Å²) >= 11 is 0. The minimum atomic E-state index is -1.70. The third-order valence-electron chi connectivity index (χ3n) is 10.2. The Morgan fingerprint density at radius 2 is 1.56 bits per heavy atom. The molecule has 0 spiro atoms. The van der Waals surface area contributed by atoms with Gasteiger partial charge in [0.15, 0.2) is 24.1 Å². The zero-order valence-electron chi connectivity index (χ0n) is 36.9. The molecule has 1 aliphatic carbocycles. The number of esters is 1. The third-order valence-corrected chi connectivity index (χ3v) is 10.2. The first kappa shape index (κ1) is 52.3. The highest BCUT2D eigenvalue weighted by Crippen LogP contribution is 2.29. The fraction of sp³-hybridized carbons (Fsp3) is 0.532. The molecule has 14 heteroatoms. The molecule has 14 nitrogen and oxygen atoms in total. The molecule has 0 aromatic rings. The van der Waals surface area contributed by atoms with Crippen LogP contribution in [0.15, 0.2) is 108 Å². The van der Waals surface area contributed by atoms with Crippen LogP contribution in [0.3, 0.4) is 0 Å². The van der Waals surface area contributed by atoms with Crippen molar-refractivity contribution in [2.45, 2.75) is 123 Å². The molecule has 0 aromatic carbocycles. The van der Waals surface area contributed by atoms with Crippen LogP contribution < -0.4 is 16.0 Å². The van der Waals surface area contributed by atoms with E-state index in [2.05, 4.69) is 60.2 Å². The van der Waals surface area contributed by atoms with E-state index in [0.717, 1.165) is 57.8 Å². The van der Waals surface area contributed by atoms with E-state index < -0.39 is 48.7 Å². The maximum absolute atomic E-state index is 12.4. The molecular weight excluding hydrogens is 781 g/mol. The van der Waals surface area contributed by atoms with E-state index in [9.17, 15) is 34.8 Å². The number of hydrogen-bond acceptors (Lipinski definition) is 11. The van der Waals surface area contributed by atoms with E-state index in [1.165, 1.54) is 0 Å². The maximum atomic E-state index is 12.4. The van der Waals surface area contributed by atoms with Crippen molar-refractivity contribution in [3.63, 3.8) is 0 Å². The number of guanidine groups is 1. The Morgan fingerprint density at radius 1 is 0.885 bits per heavy atom. The monoisotopic (exact) mass is 851 g/mol. The van der Waals surface area contributed by atoms with Crippen molar-refractivity contribution in [2.24, 2.45) is 17.8 Å². The summed E-state index contributed by atoms with van der Waals surface area (Å²) in [6.45, 7) is 10.6. The minimum absolute atomic E-state index is 0.0376. The van der Waals surface area contributed by atoms with E-state index in [0.29, 0.717) is 17.5 Å². The second kappa shape index (κ2) is 28.6. The van der Waals surface area contributed by atoms with E-state index in [1.54, 1.807) is 44.4 Å². The molecule has 9 unspecified atom stereocenters. The number of aliphatic hydroxyl groups excluding tert-OH is 4. The third kappa shape index (κ3) is 19.2. The lowest BCUT2D eigenvalue weighted by Crippen LogP contribution is -2.61. The number of aliphatic hydroxyl groups is 4. The van der Waals surface area contributed by atoms with Crippen LogP contribution in [0.25, 0.3) is 0 Å². The largest absolute Gasteiger partial charge is 0.510 e. The number of allylic oxidation sites excluding steroid dienone is 15. The van der Waals surface area contributed by atoms with E-state index in [-0.39, 0.29) is 41.9 Å². The number of methoxy groups -OCH3 is 1. The Labute approximate surface area is 362 Å². The normalized spacial score (nSPS) is 23.8. The molecule has 8 N–H and O–H groups in total. The van der Waals surface area contributed by atoms with Crippen molar-refractivity contribution in [3.8, 4) is 0 Å². The highest BCUT2D eigenvalue weighted by molar-refractivity contribution is 6.04. The molecule has 1 fully saturated rings. The molecule has 2 rings (SSSR count). The van der Waals surface area contributed by atoms with Crippen LogP contribution in [0.2, 0.25) is 0 Å². The number of ether oxygens (including phenoxy) is 3. The SMILES string of the molecule is CNC(=N)NCCCC=CCC(C)C=CCCCC(C)C=C(C)C(OC1OC(C(=O)OC)C(O)C(O)C1O)C(C)C=CC=CC=CC=CC=C(C)C(=O)NC1=C(O)CCC1=O. The second-order valence-corrected chi connectivity index (χ2v) is 15.5. The average Bonchev–Trinajstić information content (AvgIpc) is 3.55. The minimum Gasteiger partial charge on any atom is -0.510 e. The Morgan fingerprint density at radius 3 is 2.21 bits per heavy atom. The van der Waals surface area contributed by atoms with Crippen LogP contribution in [0.4, 0.5) is 0 Å². The number of unbranched alkanes of at least 4 members (excludes halogenated alkanes) is 2. The standard InChI is InChI=1S/C47H70N4O10/c1-31(22-16-13-14-21-29-50-47(48)49-6)23-17-15-18-24-32(2)30-35(5)42(60-46-41(56)39(54)40(55)43(61-46)45(58)59-7)33(3)25-19-11-9-8-10-12-20-26-34(4)44(57)51-38-36(52)27-28-37(38)53/h8-13,16-17,19-20,23,25-26,30-33,39-43,46,52,54-56H,14-15,18,21-22,24,27-29H2,1-7H3,(H,51,57)(H3,48,49,50). The van der Waals surface area contributed by atoms with Crippen molar-refractivity contribution >= 4 is 23.6 Å². The van der Waals surface area contributed by atoms with Gasteiger partial charge in [0, 0.05) is 37.9 Å². The first-order valence-electron chi connectivity index (χ1n) is 21.2. The number of ketones is 1. The smallest absolute Gasteiger partial charge is 0.337 e. The maximum Gasteiger partial charge on any atom is 0.337 e. The summed E-state index contributed by atoms with van der Waals surface area (Å²) in [7, 11) is 2.86. The number of carbonyl (C=O) groups excluding carboxylic acids is 3. The molecule has 2 aliphatic rings. The summed E-state index contributed by atoms with van der Waals surface area (Å²) in [5, 5.41) is 57.4. The predicted octanol–water partition coefficient (Wildman–Crippen LogP) is 5.82. The molecule has 1 saturated heterocycles.